The Kier molecular flexibility index (Phi) is 6.43. The Balaban J connectivity index is 1.69. The minimum Gasteiger partial charge on any atom is -0.431 e. The Morgan fingerprint density at radius 2 is 1.93 bits per heavy atom. The van der Waals surface area contributed by atoms with E-state index in [4.69, 9.17) is 4.74 Å². The fourth-order valence-electron chi connectivity index (χ4n) is 7.25. The molecule has 2 nitrogen and oxygen atoms in total. The van der Waals surface area contributed by atoms with Gasteiger partial charge in [-0.2, -0.15) is 0 Å². The molecule has 0 bridgehead atoms. The lowest BCUT2D eigenvalue weighted by Crippen LogP contribution is -2.45. The zero-order valence-corrected chi connectivity index (χ0v) is 18.6. The van der Waals surface area contributed by atoms with Crippen molar-refractivity contribution in [2.24, 2.45) is 46.8 Å². The van der Waals surface area contributed by atoms with Gasteiger partial charge in [-0.25, -0.2) is 0 Å². The van der Waals surface area contributed by atoms with Gasteiger partial charge in [-0.05, 0) is 79.1 Å². The summed E-state index contributed by atoms with van der Waals surface area (Å²) < 4.78 is 5.53. The van der Waals surface area contributed by atoms with Crippen LogP contribution in [0.2, 0.25) is 0 Å². The first-order valence-electron chi connectivity index (χ1n) is 11.6. The van der Waals surface area contributed by atoms with E-state index in [9.17, 15) is 4.79 Å². The summed E-state index contributed by atoms with van der Waals surface area (Å²) in [5.41, 5.74) is 0.533. The molecule has 154 valence electrons. The van der Waals surface area contributed by atoms with E-state index < -0.39 is 0 Å². The summed E-state index contributed by atoms with van der Waals surface area (Å²) in [5.74, 6) is 6.16. The van der Waals surface area contributed by atoms with Gasteiger partial charge in [0, 0.05) is 12.8 Å². The second-order valence-electron chi connectivity index (χ2n) is 10.7. The largest absolute Gasteiger partial charge is 0.431 e. The Morgan fingerprint density at radius 3 is 2.59 bits per heavy atom. The first-order chi connectivity index (χ1) is 12.7. The maximum Gasteiger partial charge on any atom is 0.307 e. The maximum absolute atomic E-state index is 11.4. The van der Waals surface area contributed by atoms with Gasteiger partial charge in [-0.3, -0.25) is 4.79 Å². The number of allylic oxidation sites excluding steroid dienone is 2. The Labute approximate surface area is 167 Å². The van der Waals surface area contributed by atoms with Crippen LogP contribution in [0, 0.1) is 46.8 Å². The molecule has 27 heavy (non-hydrogen) atoms. The van der Waals surface area contributed by atoms with Gasteiger partial charge in [0.25, 0.3) is 0 Å². The van der Waals surface area contributed by atoms with E-state index in [0.29, 0.717) is 17.3 Å². The average Bonchev–Trinajstić information content (AvgIpc) is 2.94. The Morgan fingerprint density at radius 1 is 1.19 bits per heavy atom. The molecule has 7 atom stereocenters. The Hall–Kier alpha value is -0.790. The molecule has 0 aliphatic heterocycles. The van der Waals surface area contributed by atoms with E-state index in [1.54, 1.807) is 0 Å². The monoisotopic (exact) mass is 374 g/mol. The third-order valence-corrected chi connectivity index (χ3v) is 8.64. The molecule has 0 aromatic rings. The van der Waals surface area contributed by atoms with Crippen LogP contribution < -0.4 is 0 Å². The fraction of sp³-hybridized carbons (Fsp3) is 0.880. The van der Waals surface area contributed by atoms with Gasteiger partial charge < -0.3 is 4.74 Å². The quantitative estimate of drug-likeness (QED) is 0.468. The third-order valence-electron chi connectivity index (χ3n) is 8.64. The van der Waals surface area contributed by atoms with Gasteiger partial charge in [0.1, 0.15) is 5.76 Å². The minimum atomic E-state index is -0.164. The van der Waals surface area contributed by atoms with E-state index in [1.165, 1.54) is 51.9 Å². The zero-order valence-electron chi connectivity index (χ0n) is 18.6. The number of fused-ring (bicyclic) bond motifs is 3. The molecule has 5 unspecified atom stereocenters. The van der Waals surface area contributed by atoms with E-state index in [-0.39, 0.29) is 5.97 Å². The van der Waals surface area contributed by atoms with Crippen LogP contribution in [-0.4, -0.2) is 5.97 Å². The van der Waals surface area contributed by atoms with Crippen molar-refractivity contribution in [3.63, 3.8) is 0 Å². The van der Waals surface area contributed by atoms with E-state index in [1.807, 2.05) is 0 Å². The van der Waals surface area contributed by atoms with Gasteiger partial charge in [0.05, 0.1) is 0 Å². The highest BCUT2D eigenvalue weighted by atomic mass is 16.5. The van der Waals surface area contributed by atoms with Crippen LogP contribution in [0.1, 0.15) is 92.9 Å². The molecule has 3 aliphatic carbocycles. The predicted octanol–water partition coefficient (Wildman–Crippen LogP) is 6.99. The SMILES string of the molecule is CC(=O)OC1=CCC2C(CCC3(C)C2CCC3[C@H](C)CCCC(C)C)[C@H]1C. The molecule has 0 spiro atoms. The van der Waals surface area contributed by atoms with Crippen LogP contribution in [0.25, 0.3) is 0 Å². The lowest BCUT2D eigenvalue weighted by atomic mass is 9.53. The van der Waals surface area contributed by atoms with E-state index in [0.717, 1.165) is 41.8 Å². The number of hydrogen-bond acceptors (Lipinski definition) is 2. The molecule has 0 radical (unpaired) electrons. The molecule has 2 heteroatoms. The van der Waals surface area contributed by atoms with Crippen molar-refractivity contribution in [3.8, 4) is 0 Å². The summed E-state index contributed by atoms with van der Waals surface area (Å²) >= 11 is 0. The molecule has 0 saturated heterocycles. The predicted molar refractivity (Wildman–Crippen MR) is 112 cm³/mol. The van der Waals surface area contributed by atoms with E-state index >= 15 is 0 Å². The van der Waals surface area contributed by atoms with Crippen molar-refractivity contribution in [2.75, 3.05) is 0 Å². The fourth-order valence-corrected chi connectivity index (χ4v) is 7.25. The van der Waals surface area contributed by atoms with Crippen molar-refractivity contribution in [2.45, 2.75) is 92.9 Å². The number of carbonyl (C=O) groups is 1. The molecule has 0 heterocycles. The molecule has 0 aromatic heterocycles. The van der Waals surface area contributed by atoms with Crippen LogP contribution >= 0.6 is 0 Å². The molecule has 0 aromatic carbocycles. The lowest BCUT2D eigenvalue weighted by Gasteiger charge is -2.52. The van der Waals surface area contributed by atoms with Crippen LogP contribution in [0.3, 0.4) is 0 Å². The van der Waals surface area contributed by atoms with Crippen molar-refractivity contribution >= 4 is 5.97 Å². The third kappa shape index (κ3) is 4.15. The van der Waals surface area contributed by atoms with Crippen molar-refractivity contribution in [1.82, 2.24) is 0 Å². The highest BCUT2D eigenvalue weighted by Gasteiger charge is 2.56. The normalized spacial score (nSPS) is 39.5. The molecular weight excluding hydrogens is 332 g/mol. The molecule has 0 N–H and O–H groups in total. The summed E-state index contributed by atoms with van der Waals surface area (Å²) in [6.07, 6.45) is 13.1. The molecule has 3 rings (SSSR count). The first kappa shape index (κ1) is 20.9. The maximum atomic E-state index is 11.4. The van der Waals surface area contributed by atoms with Gasteiger partial charge in [-0.15, -0.1) is 0 Å². The van der Waals surface area contributed by atoms with Crippen LogP contribution in [0.4, 0.5) is 0 Å². The van der Waals surface area contributed by atoms with E-state index in [2.05, 4.69) is 40.7 Å². The highest BCUT2D eigenvalue weighted by Crippen LogP contribution is 2.63. The minimum absolute atomic E-state index is 0.164. The number of ether oxygens (including phenoxy) is 1. The lowest BCUT2D eigenvalue weighted by molar-refractivity contribution is -0.139. The van der Waals surface area contributed by atoms with Crippen LogP contribution in [-0.2, 0) is 9.53 Å². The van der Waals surface area contributed by atoms with Gasteiger partial charge >= 0.3 is 5.97 Å². The Bertz CT molecular complexity index is 563. The smallest absolute Gasteiger partial charge is 0.307 e. The van der Waals surface area contributed by atoms with Gasteiger partial charge in [0.2, 0.25) is 0 Å². The van der Waals surface area contributed by atoms with Gasteiger partial charge in [0.15, 0.2) is 0 Å². The number of esters is 1. The summed E-state index contributed by atoms with van der Waals surface area (Å²) in [5, 5.41) is 0. The molecule has 3 aliphatic rings. The van der Waals surface area contributed by atoms with Crippen LogP contribution in [0.15, 0.2) is 11.8 Å². The molecule has 2 fully saturated rings. The summed E-state index contributed by atoms with van der Waals surface area (Å²) in [7, 11) is 0. The second-order valence-corrected chi connectivity index (χ2v) is 10.7. The first-order valence-corrected chi connectivity index (χ1v) is 11.6. The summed E-state index contributed by atoms with van der Waals surface area (Å²) in [6, 6.07) is 0. The average molecular weight is 375 g/mol. The number of carbonyl (C=O) groups excluding carboxylic acids is 1. The number of rotatable bonds is 6. The highest BCUT2D eigenvalue weighted by molar-refractivity contribution is 5.67. The standard InChI is InChI=1S/C25H42O2/c1-16(2)8-7-9-17(3)22-11-12-23-21-10-13-24(27-19(5)26)18(4)20(21)14-15-25(22,23)6/h13,16-18,20-23H,7-12,14-15H2,1-6H3/t17-,18-,20?,21?,22?,23?,25?/m1/s1. The second kappa shape index (κ2) is 8.29. The topological polar surface area (TPSA) is 26.3 Å². The molecule has 0 amide bonds. The van der Waals surface area contributed by atoms with Crippen molar-refractivity contribution < 1.29 is 9.53 Å². The zero-order chi connectivity index (χ0) is 19.8. The summed E-state index contributed by atoms with van der Waals surface area (Å²) in [4.78, 5) is 11.4. The number of hydrogen-bond donors (Lipinski definition) is 0. The molecular formula is C25H42O2. The molecule has 2 saturated carbocycles. The van der Waals surface area contributed by atoms with Crippen molar-refractivity contribution in [1.29, 1.82) is 0 Å². The van der Waals surface area contributed by atoms with Crippen LogP contribution in [0.5, 0.6) is 0 Å². The van der Waals surface area contributed by atoms with Gasteiger partial charge in [-0.1, -0.05) is 53.9 Å². The van der Waals surface area contributed by atoms with Crippen molar-refractivity contribution in [3.05, 3.63) is 11.8 Å². The summed E-state index contributed by atoms with van der Waals surface area (Å²) in [6.45, 7) is 13.7.